The highest BCUT2D eigenvalue weighted by Gasteiger charge is 2.17. The van der Waals surface area contributed by atoms with Crippen LogP contribution in [0.15, 0.2) is 24.3 Å². The molecule has 0 spiro atoms. The van der Waals surface area contributed by atoms with Gasteiger partial charge in [-0.3, -0.25) is 4.79 Å². The monoisotopic (exact) mass is 270 g/mol. The van der Waals surface area contributed by atoms with E-state index in [1.54, 1.807) is 13.8 Å². The van der Waals surface area contributed by atoms with Crippen molar-refractivity contribution in [1.82, 2.24) is 0 Å². The molecule has 1 atom stereocenters. The van der Waals surface area contributed by atoms with E-state index >= 15 is 0 Å². The van der Waals surface area contributed by atoms with Gasteiger partial charge in [-0.2, -0.15) is 0 Å². The Morgan fingerprint density at radius 2 is 1.63 bits per heavy atom. The van der Waals surface area contributed by atoms with Gasteiger partial charge in [-0.1, -0.05) is 13.8 Å². The summed E-state index contributed by atoms with van der Waals surface area (Å²) in [6, 6.07) is 4.85. The van der Waals surface area contributed by atoms with Gasteiger partial charge in [0.2, 0.25) is 6.29 Å². The van der Waals surface area contributed by atoms with Gasteiger partial charge in [0.15, 0.2) is 0 Å². The summed E-state index contributed by atoms with van der Waals surface area (Å²) >= 11 is 0. The number of ether oxygens (including phenoxy) is 3. The standard InChI is InChI=1S/C13H15FO5/c1-8(2)12(15)17-9(3)18-13(16)19-11-6-4-10(14)5-7-11/h4-9H,1-3H3. The lowest BCUT2D eigenvalue weighted by atomic mass is 10.2. The fraction of sp³-hybridized carbons (Fsp3) is 0.385. The molecule has 0 saturated heterocycles. The summed E-state index contributed by atoms with van der Waals surface area (Å²) in [7, 11) is 0. The Morgan fingerprint density at radius 1 is 1.05 bits per heavy atom. The molecule has 104 valence electrons. The maximum absolute atomic E-state index is 12.6. The van der Waals surface area contributed by atoms with Gasteiger partial charge >= 0.3 is 12.1 Å². The summed E-state index contributed by atoms with van der Waals surface area (Å²) in [6.45, 7) is 4.71. The molecule has 1 unspecified atom stereocenters. The van der Waals surface area contributed by atoms with Crippen LogP contribution >= 0.6 is 0 Å². The second-order valence-electron chi connectivity index (χ2n) is 4.08. The maximum atomic E-state index is 12.6. The van der Waals surface area contributed by atoms with Crippen LogP contribution < -0.4 is 4.74 Å². The first-order valence-corrected chi connectivity index (χ1v) is 5.73. The third-order valence-corrected chi connectivity index (χ3v) is 2.03. The fourth-order valence-corrected chi connectivity index (χ4v) is 1.08. The van der Waals surface area contributed by atoms with Crippen LogP contribution in [0.4, 0.5) is 9.18 Å². The Kier molecular flexibility index (Phi) is 5.29. The molecule has 1 rings (SSSR count). The minimum atomic E-state index is -1.05. The van der Waals surface area contributed by atoms with Crippen molar-refractivity contribution in [3.05, 3.63) is 30.1 Å². The number of carbonyl (C=O) groups excluding carboxylic acids is 2. The van der Waals surface area contributed by atoms with Crippen LogP contribution in [-0.2, 0) is 14.3 Å². The summed E-state index contributed by atoms with van der Waals surface area (Å²) in [4.78, 5) is 22.6. The number of rotatable bonds is 4. The molecule has 0 amide bonds. The Hall–Kier alpha value is -2.11. The van der Waals surface area contributed by atoms with Gasteiger partial charge < -0.3 is 14.2 Å². The van der Waals surface area contributed by atoms with Crippen molar-refractivity contribution in [3.63, 3.8) is 0 Å². The number of halogens is 1. The zero-order valence-electron chi connectivity index (χ0n) is 10.9. The molecular formula is C13H15FO5. The molecule has 0 heterocycles. The van der Waals surface area contributed by atoms with Crippen molar-refractivity contribution in [2.75, 3.05) is 0 Å². The quantitative estimate of drug-likeness (QED) is 0.478. The molecule has 0 fully saturated rings. The minimum absolute atomic E-state index is 0.133. The zero-order chi connectivity index (χ0) is 14.4. The molecule has 0 radical (unpaired) electrons. The van der Waals surface area contributed by atoms with E-state index in [1.807, 2.05) is 0 Å². The Labute approximate surface area is 110 Å². The zero-order valence-corrected chi connectivity index (χ0v) is 10.9. The van der Waals surface area contributed by atoms with Crippen molar-refractivity contribution in [2.24, 2.45) is 5.92 Å². The van der Waals surface area contributed by atoms with Crippen LogP contribution in [-0.4, -0.2) is 18.4 Å². The fourth-order valence-electron chi connectivity index (χ4n) is 1.08. The molecule has 0 aliphatic rings. The van der Waals surface area contributed by atoms with E-state index in [0.717, 1.165) is 12.1 Å². The molecule has 0 saturated carbocycles. The van der Waals surface area contributed by atoms with Crippen molar-refractivity contribution < 1.29 is 28.2 Å². The van der Waals surface area contributed by atoms with Gasteiger partial charge in [-0.25, -0.2) is 9.18 Å². The average Bonchev–Trinajstić information content (AvgIpc) is 2.31. The van der Waals surface area contributed by atoms with Crippen molar-refractivity contribution >= 4 is 12.1 Å². The number of hydrogen-bond acceptors (Lipinski definition) is 5. The van der Waals surface area contributed by atoms with E-state index in [-0.39, 0.29) is 11.7 Å². The smallest absolute Gasteiger partial charge is 0.425 e. The van der Waals surface area contributed by atoms with Crippen molar-refractivity contribution in [1.29, 1.82) is 0 Å². The normalized spacial score (nSPS) is 11.8. The Morgan fingerprint density at radius 3 is 2.16 bits per heavy atom. The first-order chi connectivity index (χ1) is 8.88. The predicted molar refractivity (Wildman–Crippen MR) is 63.9 cm³/mol. The van der Waals surface area contributed by atoms with Crippen LogP contribution in [0.1, 0.15) is 20.8 Å². The average molecular weight is 270 g/mol. The SMILES string of the molecule is CC(OC(=O)Oc1ccc(F)cc1)OC(=O)C(C)C. The third kappa shape index (κ3) is 5.37. The van der Waals surface area contributed by atoms with Crippen LogP contribution in [0.3, 0.4) is 0 Å². The first kappa shape index (κ1) is 14.9. The van der Waals surface area contributed by atoms with Crippen LogP contribution in [0.5, 0.6) is 5.75 Å². The van der Waals surface area contributed by atoms with Gasteiger partial charge in [0, 0.05) is 6.92 Å². The highest BCUT2D eigenvalue weighted by molar-refractivity contribution is 5.72. The highest BCUT2D eigenvalue weighted by Crippen LogP contribution is 2.12. The summed E-state index contributed by atoms with van der Waals surface area (Å²) in [6.07, 6.45) is -2.08. The number of hydrogen-bond donors (Lipinski definition) is 0. The van der Waals surface area contributed by atoms with Crippen molar-refractivity contribution in [3.8, 4) is 5.75 Å². The predicted octanol–water partition coefficient (Wildman–Crippen LogP) is 2.89. The summed E-state index contributed by atoms with van der Waals surface area (Å²) in [5.74, 6) is -1.12. The van der Waals surface area contributed by atoms with Crippen LogP contribution in [0, 0.1) is 11.7 Å². The van der Waals surface area contributed by atoms with Gasteiger partial charge in [-0.05, 0) is 24.3 Å². The molecule has 0 aromatic heterocycles. The van der Waals surface area contributed by atoms with Crippen molar-refractivity contribution in [2.45, 2.75) is 27.1 Å². The molecule has 1 aromatic carbocycles. The van der Waals surface area contributed by atoms with E-state index < -0.39 is 24.2 Å². The highest BCUT2D eigenvalue weighted by atomic mass is 19.1. The van der Waals surface area contributed by atoms with E-state index in [0.29, 0.717) is 0 Å². The van der Waals surface area contributed by atoms with Crippen LogP contribution in [0.25, 0.3) is 0 Å². The van der Waals surface area contributed by atoms with Gasteiger partial charge in [0.05, 0.1) is 5.92 Å². The second-order valence-corrected chi connectivity index (χ2v) is 4.08. The lowest BCUT2D eigenvalue weighted by molar-refractivity contribution is -0.170. The lowest BCUT2D eigenvalue weighted by Gasteiger charge is -2.15. The molecule has 19 heavy (non-hydrogen) atoms. The summed E-state index contributed by atoms with van der Waals surface area (Å²) < 4.78 is 26.9. The molecule has 0 aliphatic carbocycles. The van der Waals surface area contributed by atoms with Gasteiger partial charge in [0.25, 0.3) is 0 Å². The number of carbonyl (C=O) groups is 2. The molecular weight excluding hydrogens is 255 g/mol. The molecule has 0 N–H and O–H groups in total. The number of esters is 1. The molecule has 5 nitrogen and oxygen atoms in total. The Bertz CT molecular complexity index is 441. The Balaban J connectivity index is 2.42. The molecule has 0 aliphatic heterocycles. The summed E-state index contributed by atoms with van der Waals surface area (Å²) in [5, 5.41) is 0. The molecule has 0 bridgehead atoms. The van der Waals surface area contributed by atoms with Crippen LogP contribution in [0.2, 0.25) is 0 Å². The molecule has 1 aromatic rings. The van der Waals surface area contributed by atoms with E-state index in [9.17, 15) is 14.0 Å². The molecule has 6 heteroatoms. The third-order valence-electron chi connectivity index (χ3n) is 2.03. The van der Waals surface area contributed by atoms with E-state index in [4.69, 9.17) is 14.2 Å². The first-order valence-electron chi connectivity index (χ1n) is 5.73. The number of benzene rings is 1. The lowest BCUT2D eigenvalue weighted by Crippen LogP contribution is -2.25. The summed E-state index contributed by atoms with van der Waals surface area (Å²) in [5.41, 5.74) is 0. The largest absolute Gasteiger partial charge is 0.516 e. The van der Waals surface area contributed by atoms with Gasteiger partial charge in [-0.15, -0.1) is 0 Å². The van der Waals surface area contributed by atoms with E-state index in [1.165, 1.54) is 19.1 Å². The minimum Gasteiger partial charge on any atom is -0.425 e. The van der Waals surface area contributed by atoms with Gasteiger partial charge in [0.1, 0.15) is 11.6 Å². The maximum Gasteiger partial charge on any atom is 0.516 e. The second kappa shape index (κ2) is 6.72. The van der Waals surface area contributed by atoms with E-state index in [2.05, 4.69) is 0 Å². The topological polar surface area (TPSA) is 61.8 Å².